The number of rotatable bonds is 1. The van der Waals surface area contributed by atoms with E-state index in [0.717, 1.165) is 18.4 Å². The number of nitrogens with zero attached hydrogens (tertiary/aromatic N) is 2. The number of pyridine rings is 1. The number of amides is 1. The molecule has 1 fully saturated rings. The Bertz CT molecular complexity index is 530. The number of hydrogen-bond acceptors (Lipinski definition) is 4. The van der Waals surface area contributed by atoms with E-state index in [1.54, 1.807) is 23.4 Å². The third-order valence-corrected chi connectivity index (χ3v) is 4.21. The summed E-state index contributed by atoms with van der Waals surface area (Å²) < 4.78 is 5.86. The first-order valence-corrected chi connectivity index (χ1v) is 7.11. The summed E-state index contributed by atoms with van der Waals surface area (Å²) in [5, 5.41) is 10.7. The molecule has 1 N–H and O–H groups in total. The van der Waals surface area contributed by atoms with Gasteiger partial charge in [0.05, 0.1) is 6.04 Å². The van der Waals surface area contributed by atoms with E-state index in [4.69, 9.17) is 4.74 Å². The van der Waals surface area contributed by atoms with Gasteiger partial charge >= 0.3 is 0 Å². The van der Waals surface area contributed by atoms with Gasteiger partial charge in [-0.25, -0.2) is 0 Å². The molecule has 1 saturated heterocycles. The molecule has 20 heavy (non-hydrogen) atoms. The zero-order valence-corrected chi connectivity index (χ0v) is 11.9. The minimum Gasteiger partial charge on any atom is -0.485 e. The van der Waals surface area contributed by atoms with Crippen molar-refractivity contribution in [2.45, 2.75) is 50.9 Å². The van der Waals surface area contributed by atoms with Gasteiger partial charge in [-0.3, -0.25) is 9.78 Å². The molecule has 0 bridgehead atoms. The Hall–Kier alpha value is -1.62. The molecule has 0 aliphatic carbocycles. The molecule has 1 aromatic rings. The second-order valence-corrected chi connectivity index (χ2v) is 6.05. The minimum absolute atomic E-state index is 0.104. The number of aliphatic hydroxyl groups excluding tert-OH is 1. The van der Waals surface area contributed by atoms with E-state index in [2.05, 4.69) is 4.98 Å². The van der Waals surface area contributed by atoms with Gasteiger partial charge in [0.25, 0.3) is 0 Å². The second-order valence-electron chi connectivity index (χ2n) is 6.05. The van der Waals surface area contributed by atoms with Crippen LogP contribution in [0.4, 0.5) is 0 Å². The zero-order chi connectivity index (χ0) is 14.3. The zero-order valence-electron chi connectivity index (χ0n) is 11.9. The predicted octanol–water partition coefficient (Wildman–Crippen LogP) is 1.67. The van der Waals surface area contributed by atoms with Gasteiger partial charge in [-0.05, 0) is 32.8 Å². The van der Waals surface area contributed by atoms with Crippen LogP contribution in [0, 0.1) is 0 Å². The topological polar surface area (TPSA) is 62.7 Å². The molecule has 0 spiro atoms. The van der Waals surface area contributed by atoms with Gasteiger partial charge in [-0.15, -0.1) is 0 Å². The van der Waals surface area contributed by atoms with Gasteiger partial charge in [0.2, 0.25) is 5.91 Å². The summed E-state index contributed by atoms with van der Waals surface area (Å²) in [7, 11) is 0. The van der Waals surface area contributed by atoms with Crippen molar-refractivity contribution in [3.05, 3.63) is 24.0 Å². The maximum absolute atomic E-state index is 12.2. The number of ether oxygens (including phenoxy) is 1. The number of carbonyl (C=O) groups excluding carboxylic acids is 1. The molecule has 108 valence electrons. The van der Waals surface area contributed by atoms with Gasteiger partial charge < -0.3 is 14.7 Å². The lowest BCUT2D eigenvalue weighted by atomic mass is 9.85. The Labute approximate surface area is 118 Å². The Morgan fingerprint density at radius 1 is 1.45 bits per heavy atom. The Morgan fingerprint density at radius 3 is 3.00 bits per heavy atom. The lowest BCUT2D eigenvalue weighted by molar-refractivity contribution is -0.147. The van der Waals surface area contributed by atoms with Crippen LogP contribution < -0.4 is 4.74 Å². The van der Waals surface area contributed by atoms with Crippen LogP contribution >= 0.6 is 0 Å². The fraction of sp³-hybridized carbons (Fsp3) is 0.600. The highest BCUT2D eigenvalue weighted by Gasteiger charge is 2.46. The van der Waals surface area contributed by atoms with Crippen molar-refractivity contribution < 1.29 is 14.6 Å². The molecule has 1 aromatic heterocycles. The van der Waals surface area contributed by atoms with Crippen LogP contribution in [0.25, 0.3) is 0 Å². The van der Waals surface area contributed by atoms with Crippen molar-refractivity contribution in [1.29, 1.82) is 0 Å². The molecule has 1 amide bonds. The Balaban J connectivity index is 2.05. The van der Waals surface area contributed by atoms with Crippen LogP contribution in [0.5, 0.6) is 5.75 Å². The van der Waals surface area contributed by atoms with Crippen LogP contribution in [-0.2, 0) is 4.79 Å². The van der Waals surface area contributed by atoms with E-state index < -0.39 is 11.7 Å². The van der Waals surface area contributed by atoms with Gasteiger partial charge in [0, 0.05) is 30.9 Å². The fourth-order valence-corrected chi connectivity index (χ4v) is 3.06. The average Bonchev–Trinajstić information content (AvgIpc) is 2.41. The minimum atomic E-state index is -0.763. The highest BCUT2D eigenvalue weighted by Crippen LogP contribution is 2.43. The molecule has 0 saturated carbocycles. The number of aromatic nitrogens is 1. The molecule has 3 heterocycles. The number of carbonyl (C=O) groups is 1. The van der Waals surface area contributed by atoms with E-state index in [1.807, 2.05) is 13.8 Å². The van der Waals surface area contributed by atoms with Gasteiger partial charge in [0.15, 0.2) is 0 Å². The molecule has 2 aliphatic rings. The molecular formula is C15H20N2O3. The van der Waals surface area contributed by atoms with Gasteiger partial charge in [-0.2, -0.15) is 0 Å². The number of fused-ring (bicyclic) bond motifs is 1. The molecule has 0 radical (unpaired) electrons. The van der Waals surface area contributed by atoms with Crippen LogP contribution in [-0.4, -0.2) is 39.1 Å². The summed E-state index contributed by atoms with van der Waals surface area (Å²) in [5.41, 5.74) is 0.0751. The molecule has 5 nitrogen and oxygen atoms in total. The number of likely N-dealkylation sites (tertiary alicyclic amines) is 1. The molecule has 0 aromatic carbocycles. The van der Waals surface area contributed by atoms with E-state index >= 15 is 0 Å². The molecule has 5 heteroatoms. The number of piperidine rings is 1. The SMILES string of the molecule is CC1(C)Oc2ccncc2[C@H](N2CCCCC2=O)[C@H]1O. The first-order valence-electron chi connectivity index (χ1n) is 7.11. The van der Waals surface area contributed by atoms with Crippen molar-refractivity contribution in [3.8, 4) is 5.75 Å². The van der Waals surface area contributed by atoms with Crippen molar-refractivity contribution >= 4 is 5.91 Å². The number of hydrogen-bond donors (Lipinski definition) is 1. The first-order chi connectivity index (χ1) is 9.50. The summed E-state index contributed by atoms with van der Waals surface area (Å²) >= 11 is 0. The summed E-state index contributed by atoms with van der Waals surface area (Å²) in [6, 6.07) is 1.43. The monoisotopic (exact) mass is 276 g/mol. The summed E-state index contributed by atoms with van der Waals surface area (Å²) in [6.07, 6.45) is 5.06. The second kappa shape index (κ2) is 4.74. The summed E-state index contributed by atoms with van der Waals surface area (Å²) in [6.45, 7) is 4.38. The van der Waals surface area contributed by atoms with Crippen molar-refractivity contribution in [2.75, 3.05) is 6.54 Å². The smallest absolute Gasteiger partial charge is 0.223 e. The van der Waals surface area contributed by atoms with E-state index in [1.165, 1.54) is 0 Å². The summed E-state index contributed by atoms with van der Waals surface area (Å²) in [5.74, 6) is 0.812. The lowest BCUT2D eigenvalue weighted by Gasteiger charge is -2.47. The number of aliphatic hydroxyl groups is 1. The van der Waals surface area contributed by atoms with Crippen LogP contribution in [0.3, 0.4) is 0 Å². The quantitative estimate of drug-likeness (QED) is 0.847. The van der Waals surface area contributed by atoms with E-state index in [-0.39, 0.29) is 11.9 Å². The van der Waals surface area contributed by atoms with Crippen LogP contribution in [0.1, 0.15) is 44.7 Å². The Morgan fingerprint density at radius 2 is 2.25 bits per heavy atom. The van der Waals surface area contributed by atoms with Crippen molar-refractivity contribution in [2.24, 2.45) is 0 Å². The maximum Gasteiger partial charge on any atom is 0.223 e. The lowest BCUT2D eigenvalue weighted by Crippen LogP contribution is -2.55. The first kappa shape index (κ1) is 13.4. The van der Waals surface area contributed by atoms with Crippen molar-refractivity contribution in [1.82, 2.24) is 9.88 Å². The van der Waals surface area contributed by atoms with E-state index in [0.29, 0.717) is 18.7 Å². The third kappa shape index (κ3) is 2.06. The predicted molar refractivity (Wildman–Crippen MR) is 73.3 cm³/mol. The van der Waals surface area contributed by atoms with Crippen molar-refractivity contribution in [3.63, 3.8) is 0 Å². The third-order valence-electron chi connectivity index (χ3n) is 4.21. The molecule has 0 unspecified atom stereocenters. The standard InChI is InChI=1S/C15H20N2O3/c1-15(2)14(19)13(17-8-4-3-5-12(17)18)10-9-16-7-6-11(10)20-15/h6-7,9,13-14,19H,3-5,8H2,1-2H3/t13-,14+/m0/s1. The largest absolute Gasteiger partial charge is 0.485 e. The summed E-state index contributed by atoms with van der Waals surface area (Å²) in [4.78, 5) is 18.1. The van der Waals surface area contributed by atoms with E-state index in [9.17, 15) is 9.90 Å². The molecule has 3 rings (SSSR count). The highest BCUT2D eigenvalue weighted by atomic mass is 16.5. The Kier molecular flexibility index (Phi) is 3.17. The fourth-order valence-electron chi connectivity index (χ4n) is 3.06. The maximum atomic E-state index is 12.2. The van der Waals surface area contributed by atoms with Gasteiger partial charge in [0.1, 0.15) is 17.5 Å². The van der Waals surface area contributed by atoms with Crippen LogP contribution in [0.15, 0.2) is 18.5 Å². The molecular weight excluding hydrogens is 256 g/mol. The normalized spacial score (nSPS) is 28.8. The molecule has 2 atom stereocenters. The van der Waals surface area contributed by atoms with Gasteiger partial charge in [-0.1, -0.05) is 0 Å². The average molecular weight is 276 g/mol. The highest BCUT2D eigenvalue weighted by molar-refractivity contribution is 5.77. The molecule has 2 aliphatic heterocycles. The van der Waals surface area contributed by atoms with Crippen LogP contribution in [0.2, 0.25) is 0 Å².